The molecule has 0 aliphatic carbocycles. The van der Waals surface area contributed by atoms with E-state index in [9.17, 15) is 13.9 Å². The highest BCUT2D eigenvalue weighted by molar-refractivity contribution is 9.10. The van der Waals surface area contributed by atoms with Crippen molar-refractivity contribution in [2.24, 2.45) is 5.73 Å². The molecule has 0 heterocycles. The molecule has 0 fully saturated rings. The van der Waals surface area contributed by atoms with Crippen LogP contribution >= 0.6 is 15.9 Å². The molecule has 0 aromatic heterocycles. The second-order valence-corrected chi connectivity index (χ2v) is 3.39. The Kier molecular flexibility index (Phi) is 3.35. The van der Waals surface area contributed by atoms with E-state index in [0.29, 0.717) is 4.47 Å². The fraction of sp³-hybridized carbons (Fsp3) is 0.250. The summed E-state index contributed by atoms with van der Waals surface area (Å²) < 4.78 is 25.6. The summed E-state index contributed by atoms with van der Waals surface area (Å²) in [5.74, 6) is -1.95. The van der Waals surface area contributed by atoms with Gasteiger partial charge in [-0.05, 0) is 17.7 Å². The van der Waals surface area contributed by atoms with E-state index in [1.54, 1.807) is 0 Å². The van der Waals surface area contributed by atoms with Crippen molar-refractivity contribution in [3.63, 3.8) is 0 Å². The van der Waals surface area contributed by atoms with Crippen molar-refractivity contribution in [3.05, 3.63) is 33.8 Å². The predicted molar refractivity (Wildman–Crippen MR) is 48.1 cm³/mol. The number of nitrogens with two attached hydrogens (primary N) is 1. The highest BCUT2D eigenvalue weighted by atomic mass is 79.9. The van der Waals surface area contributed by atoms with Gasteiger partial charge in [0, 0.05) is 11.0 Å². The molecule has 1 aromatic carbocycles. The van der Waals surface area contributed by atoms with Gasteiger partial charge in [0.1, 0.15) is 0 Å². The van der Waals surface area contributed by atoms with Crippen LogP contribution in [-0.4, -0.2) is 11.7 Å². The largest absolute Gasteiger partial charge is 0.387 e. The number of rotatable bonds is 2. The first kappa shape index (κ1) is 10.6. The number of aliphatic hydroxyl groups excluding tert-OH is 1. The Bertz CT molecular complexity index is 319. The van der Waals surface area contributed by atoms with Gasteiger partial charge in [0.2, 0.25) is 0 Å². The van der Waals surface area contributed by atoms with Crippen LogP contribution in [0.1, 0.15) is 11.7 Å². The lowest BCUT2D eigenvalue weighted by molar-refractivity contribution is 0.185. The maximum absolute atomic E-state index is 12.7. The number of aliphatic hydroxyl groups is 1. The minimum absolute atomic E-state index is 0.0380. The van der Waals surface area contributed by atoms with E-state index < -0.39 is 17.7 Å². The first-order valence-corrected chi connectivity index (χ1v) is 4.38. The second kappa shape index (κ2) is 4.13. The SMILES string of the molecule is NC[C@H](O)c1cc(F)c(F)cc1Br. The van der Waals surface area contributed by atoms with E-state index in [4.69, 9.17) is 5.73 Å². The van der Waals surface area contributed by atoms with E-state index in [-0.39, 0.29) is 12.1 Å². The maximum atomic E-state index is 12.7. The Balaban J connectivity index is 3.15. The fourth-order valence-electron chi connectivity index (χ4n) is 0.920. The highest BCUT2D eigenvalue weighted by Gasteiger charge is 2.13. The van der Waals surface area contributed by atoms with Crippen LogP contribution in [0.5, 0.6) is 0 Å². The van der Waals surface area contributed by atoms with E-state index in [1.807, 2.05) is 0 Å². The van der Waals surface area contributed by atoms with Crippen LogP contribution in [0.4, 0.5) is 8.78 Å². The van der Waals surface area contributed by atoms with Crippen molar-refractivity contribution >= 4 is 15.9 Å². The number of halogens is 3. The van der Waals surface area contributed by atoms with Crippen molar-refractivity contribution in [3.8, 4) is 0 Å². The number of hydrogen-bond acceptors (Lipinski definition) is 2. The van der Waals surface area contributed by atoms with Crippen LogP contribution in [0, 0.1) is 11.6 Å². The summed E-state index contributed by atoms with van der Waals surface area (Å²) in [7, 11) is 0. The molecule has 0 bridgehead atoms. The standard InChI is InChI=1S/C8H8BrF2NO/c9-5-2-7(11)6(10)1-4(5)8(13)3-12/h1-2,8,13H,3,12H2/t8-/m0/s1. The summed E-state index contributed by atoms with van der Waals surface area (Å²) in [6.07, 6.45) is -0.982. The molecule has 1 rings (SSSR count). The van der Waals surface area contributed by atoms with Gasteiger partial charge in [-0.25, -0.2) is 8.78 Å². The van der Waals surface area contributed by atoms with Gasteiger partial charge in [-0.3, -0.25) is 0 Å². The van der Waals surface area contributed by atoms with Crippen molar-refractivity contribution in [1.29, 1.82) is 0 Å². The second-order valence-electron chi connectivity index (χ2n) is 2.54. The molecule has 3 N–H and O–H groups in total. The molecule has 13 heavy (non-hydrogen) atoms. The number of hydrogen-bond donors (Lipinski definition) is 2. The van der Waals surface area contributed by atoms with Crippen LogP contribution in [0.3, 0.4) is 0 Å². The maximum Gasteiger partial charge on any atom is 0.159 e. The van der Waals surface area contributed by atoms with Gasteiger partial charge in [0.05, 0.1) is 6.10 Å². The van der Waals surface area contributed by atoms with E-state index >= 15 is 0 Å². The molecule has 0 amide bonds. The summed E-state index contributed by atoms with van der Waals surface area (Å²) in [4.78, 5) is 0. The van der Waals surface area contributed by atoms with Crippen molar-refractivity contribution in [1.82, 2.24) is 0 Å². The summed E-state index contributed by atoms with van der Waals surface area (Å²) in [5, 5.41) is 9.28. The summed E-state index contributed by atoms with van der Waals surface area (Å²) in [5.41, 5.74) is 5.43. The molecular formula is C8H8BrF2NO. The first-order valence-electron chi connectivity index (χ1n) is 3.59. The topological polar surface area (TPSA) is 46.2 Å². The minimum atomic E-state index is -0.995. The minimum Gasteiger partial charge on any atom is -0.387 e. The van der Waals surface area contributed by atoms with E-state index in [0.717, 1.165) is 12.1 Å². The molecule has 0 saturated heterocycles. The van der Waals surface area contributed by atoms with Crippen LogP contribution < -0.4 is 5.73 Å². The quantitative estimate of drug-likeness (QED) is 0.787. The van der Waals surface area contributed by atoms with Gasteiger partial charge in [-0.15, -0.1) is 0 Å². The van der Waals surface area contributed by atoms with Gasteiger partial charge < -0.3 is 10.8 Å². The zero-order chi connectivity index (χ0) is 10.0. The summed E-state index contributed by atoms with van der Waals surface area (Å²) in [6.45, 7) is -0.0380. The van der Waals surface area contributed by atoms with E-state index in [2.05, 4.69) is 15.9 Å². The molecule has 2 nitrogen and oxygen atoms in total. The van der Waals surface area contributed by atoms with Gasteiger partial charge in [-0.1, -0.05) is 15.9 Å². The van der Waals surface area contributed by atoms with Crippen LogP contribution in [0.2, 0.25) is 0 Å². The highest BCUT2D eigenvalue weighted by Crippen LogP contribution is 2.25. The zero-order valence-corrected chi connectivity index (χ0v) is 8.18. The van der Waals surface area contributed by atoms with Crippen LogP contribution in [-0.2, 0) is 0 Å². The normalized spacial score (nSPS) is 13.0. The molecule has 1 atom stereocenters. The Hall–Kier alpha value is -0.520. The van der Waals surface area contributed by atoms with E-state index in [1.165, 1.54) is 0 Å². The lowest BCUT2D eigenvalue weighted by Gasteiger charge is -2.10. The third kappa shape index (κ3) is 2.24. The zero-order valence-electron chi connectivity index (χ0n) is 6.60. The van der Waals surface area contributed by atoms with Crippen molar-refractivity contribution < 1.29 is 13.9 Å². The van der Waals surface area contributed by atoms with Gasteiger partial charge in [0.15, 0.2) is 11.6 Å². The van der Waals surface area contributed by atoms with Gasteiger partial charge >= 0.3 is 0 Å². The molecule has 72 valence electrons. The third-order valence-corrected chi connectivity index (χ3v) is 2.31. The lowest BCUT2D eigenvalue weighted by Crippen LogP contribution is -2.12. The molecule has 0 spiro atoms. The summed E-state index contributed by atoms with van der Waals surface area (Å²) in [6, 6.07) is 1.89. The predicted octanol–water partition coefficient (Wildman–Crippen LogP) is 1.72. The first-order chi connectivity index (χ1) is 6.06. The molecule has 0 aliphatic heterocycles. The van der Waals surface area contributed by atoms with Gasteiger partial charge in [-0.2, -0.15) is 0 Å². The molecule has 0 aliphatic rings. The Labute approximate surface area is 82.5 Å². The molecule has 5 heteroatoms. The Morgan fingerprint density at radius 3 is 2.46 bits per heavy atom. The molecular weight excluding hydrogens is 244 g/mol. The molecule has 0 unspecified atom stereocenters. The molecule has 0 radical (unpaired) electrons. The third-order valence-electron chi connectivity index (χ3n) is 1.62. The fourth-order valence-corrected chi connectivity index (χ4v) is 1.50. The Morgan fingerprint density at radius 2 is 1.92 bits per heavy atom. The van der Waals surface area contributed by atoms with Crippen molar-refractivity contribution in [2.45, 2.75) is 6.10 Å². The van der Waals surface area contributed by atoms with Crippen LogP contribution in [0.15, 0.2) is 16.6 Å². The summed E-state index contributed by atoms with van der Waals surface area (Å²) >= 11 is 3.00. The molecule has 0 saturated carbocycles. The Morgan fingerprint density at radius 1 is 1.38 bits per heavy atom. The average Bonchev–Trinajstić information content (AvgIpc) is 2.10. The molecule has 1 aromatic rings. The van der Waals surface area contributed by atoms with Gasteiger partial charge in [0.25, 0.3) is 0 Å². The monoisotopic (exact) mass is 251 g/mol. The number of benzene rings is 1. The smallest absolute Gasteiger partial charge is 0.159 e. The average molecular weight is 252 g/mol. The van der Waals surface area contributed by atoms with Crippen LogP contribution in [0.25, 0.3) is 0 Å². The van der Waals surface area contributed by atoms with Crippen molar-refractivity contribution in [2.75, 3.05) is 6.54 Å². The lowest BCUT2D eigenvalue weighted by atomic mass is 10.1.